The van der Waals surface area contributed by atoms with E-state index >= 15 is 0 Å². The highest BCUT2D eigenvalue weighted by Gasteiger charge is 2.19. The van der Waals surface area contributed by atoms with Crippen LogP contribution >= 0.6 is 11.3 Å². The van der Waals surface area contributed by atoms with Gasteiger partial charge in [0.25, 0.3) is 5.56 Å². The maximum atomic E-state index is 12.6. The smallest absolute Gasteiger partial charge is 0.319 e. The Bertz CT molecular complexity index is 1040. The summed E-state index contributed by atoms with van der Waals surface area (Å²) in [5.41, 5.74) is 1.50. The number of nitrogens with one attached hydrogen (secondary N) is 2. The first-order valence-corrected chi connectivity index (χ1v) is 9.88. The number of nitrogens with zero attached hydrogens (tertiary/aromatic N) is 1. The molecule has 29 heavy (non-hydrogen) atoms. The second-order valence-corrected chi connectivity index (χ2v) is 7.63. The van der Waals surface area contributed by atoms with Crippen molar-refractivity contribution in [3.05, 3.63) is 86.5 Å². The van der Waals surface area contributed by atoms with E-state index in [1.807, 2.05) is 36.6 Å². The fourth-order valence-electron chi connectivity index (χ4n) is 2.87. The summed E-state index contributed by atoms with van der Waals surface area (Å²) in [5.74, 6) is -1.03. The van der Waals surface area contributed by atoms with Gasteiger partial charge in [-0.05, 0) is 36.1 Å². The first-order valence-electron chi connectivity index (χ1n) is 9.00. The number of aromatic nitrogens is 1. The van der Waals surface area contributed by atoms with Crippen LogP contribution in [0.1, 0.15) is 28.5 Å². The Balaban J connectivity index is 1.73. The van der Waals surface area contributed by atoms with E-state index in [1.54, 1.807) is 35.7 Å². The summed E-state index contributed by atoms with van der Waals surface area (Å²) in [6, 6.07) is 12.9. The molecule has 0 fully saturated rings. The number of carbonyl (C=O) groups is 2. The lowest BCUT2D eigenvalue weighted by Crippen LogP contribution is -2.36. The summed E-state index contributed by atoms with van der Waals surface area (Å²) in [4.78, 5) is 37.3. The predicted octanol–water partition coefficient (Wildman–Crippen LogP) is 3.60. The van der Waals surface area contributed by atoms with Crippen LogP contribution in [0.5, 0.6) is 0 Å². The molecule has 0 aliphatic heterocycles. The summed E-state index contributed by atoms with van der Waals surface area (Å²) >= 11 is 1.54. The van der Waals surface area contributed by atoms with Crippen LogP contribution in [-0.4, -0.2) is 21.7 Å². The molecule has 3 aromatic rings. The Hall–Kier alpha value is -3.39. The van der Waals surface area contributed by atoms with Crippen molar-refractivity contribution in [1.29, 1.82) is 0 Å². The Labute approximate surface area is 171 Å². The van der Waals surface area contributed by atoms with Gasteiger partial charge < -0.3 is 20.3 Å². The molecule has 150 valence electrons. The van der Waals surface area contributed by atoms with E-state index in [1.165, 1.54) is 10.6 Å². The van der Waals surface area contributed by atoms with Gasteiger partial charge in [0.1, 0.15) is 5.69 Å². The molecular weight excluding hydrogens is 390 g/mol. The third-order valence-corrected chi connectivity index (χ3v) is 5.20. The largest absolute Gasteiger partial charge is 0.481 e. The topological polar surface area (TPSA) is 100 Å². The normalized spacial score (nSPS) is 11.6. The number of carboxylic acid groups (broad SMARTS) is 1. The summed E-state index contributed by atoms with van der Waals surface area (Å²) in [6.45, 7) is 2.34. The van der Waals surface area contributed by atoms with Crippen molar-refractivity contribution in [2.45, 2.75) is 25.9 Å². The highest BCUT2D eigenvalue weighted by molar-refractivity contribution is 7.09. The molecular formula is C21H21N3O4S. The van der Waals surface area contributed by atoms with Crippen molar-refractivity contribution >= 4 is 29.0 Å². The Morgan fingerprint density at radius 3 is 2.55 bits per heavy atom. The van der Waals surface area contributed by atoms with Crippen LogP contribution in [-0.2, 0) is 11.3 Å². The van der Waals surface area contributed by atoms with Crippen LogP contribution in [0.3, 0.4) is 0 Å². The maximum Gasteiger partial charge on any atom is 0.319 e. The first-order chi connectivity index (χ1) is 13.9. The minimum Gasteiger partial charge on any atom is -0.481 e. The number of rotatable bonds is 7. The molecule has 3 N–H and O–H groups in total. The second-order valence-electron chi connectivity index (χ2n) is 6.59. The lowest BCUT2D eigenvalue weighted by molar-refractivity contribution is -0.137. The third kappa shape index (κ3) is 5.55. The van der Waals surface area contributed by atoms with E-state index in [-0.39, 0.29) is 17.7 Å². The van der Waals surface area contributed by atoms with Crippen molar-refractivity contribution in [2.24, 2.45) is 0 Å². The van der Waals surface area contributed by atoms with E-state index < -0.39 is 18.0 Å². The van der Waals surface area contributed by atoms with Gasteiger partial charge in [0.15, 0.2) is 0 Å². The van der Waals surface area contributed by atoms with E-state index in [2.05, 4.69) is 10.6 Å². The van der Waals surface area contributed by atoms with E-state index in [0.717, 1.165) is 10.4 Å². The first kappa shape index (κ1) is 20.3. The number of urea groups is 1. The summed E-state index contributed by atoms with van der Waals surface area (Å²) in [6.07, 6.45) is 1.39. The minimum atomic E-state index is -1.03. The molecule has 0 aliphatic carbocycles. The number of pyridine rings is 1. The fraction of sp³-hybridized carbons (Fsp3) is 0.190. The molecule has 7 nitrogen and oxygen atoms in total. The van der Waals surface area contributed by atoms with Gasteiger partial charge >= 0.3 is 12.0 Å². The summed E-state index contributed by atoms with van der Waals surface area (Å²) in [7, 11) is 0. The quantitative estimate of drug-likeness (QED) is 0.553. The molecule has 2 heterocycles. The highest BCUT2D eigenvalue weighted by atomic mass is 32.1. The van der Waals surface area contributed by atoms with Gasteiger partial charge in [-0.15, -0.1) is 11.3 Å². The van der Waals surface area contributed by atoms with Crippen molar-refractivity contribution in [3.8, 4) is 0 Å². The third-order valence-electron chi connectivity index (χ3n) is 4.34. The minimum absolute atomic E-state index is 0.125. The molecule has 0 bridgehead atoms. The fourth-order valence-corrected chi connectivity index (χ4v) is 3.57. The molecule has 0 spiro atoms. The molecule has 1 aromatic carbocycles. The zero-order chi connectivity index (χ0) is 20.8. The number of thiophene rings is 1. The average Bonchev–Trinajstić information content (AvgIpc) is 3.18. The number of aliphatic carboxylic acids is 1. The van der Waals surface area contributed by atoms with Crippen molar-refractivity contribution in [2.75, 3.05) is 5.32 Å². The van der Waals surface area contributed by atoms with E-state index in [0.29, 0.717) is 12.1 Å². The van der Waals surface area contributed by atoms with Gasteiger partial charge in [0.2, 0.25) is 0 Å². The molecule has 0 aliphatic rings. The number of hydrogen-bond acceptors (Lipinski definition) is 4. The number of carbonyl (C=O) groups excluding carboxylic acids is 1. The molecule has 0 radical (unpaired) electrons. The van der Waals surface area contributed by atoms with E-state index in [9.17, 15) is 19.5 Å². The van der Waals surface area contributed by atoms with Crippen molar-refractivity contribution in [1.82, 2.24) is 9.88 Å². The number of carboxylic acids is 1. The summed E-state index contributed by atoms with van der Waals surface area (Å²) in [5, 5.41) is 16.3. The second kappa shape index (κ2) is 9.20. The molecule has 2 amide bonds. The van der Waals surface area contributed by atoms with E-state index in [4.69, 9.17) is 0 Å². The number of hydrogen-bond donors (Lipinski definition) is 3. The molecule has 0 unspecified atom stereocenters. The number of amides is 2. The van der Waals surface area contributed by atoms with Gasteiger partial charge in [0, 0.05) is 11.1 Å². The van der Waals surface area contributed by atoms with Gasteiger partial charge in [-0.2, -0.15) is 0 Å². The van der Waals surface area contributed by atoms with Crippen LogP contribution in [0.25, 0.3) is 0 Å². The van der Waals surface area contributed by atoms with Crippen LogP contribution in [0.2, 0.25) is 0 Å². The predicted molar refractivity (Wildman–Crippen MR) is 112 cm³/mol. The zero-order valence-corrected chi connectivity index (χ0v) is 16.6. The van der Waals surface area contributed by atoms with Gasteiger partial charge in [0.05, 0.1) is 19.0 Å². The van der Waals surface area contributed by atoms with Crippen LogP contribution in [0, 0.1) is 6.92 Å². The van der Waals surface area contributed by atoms with Crippen LogP contribution in [0.15, 0.2) is 64.9 Å². The monoisotopic (exact) mass is 411 g/mol. The number of benzene rings is 1. The van der Waals surface area contributed by atoms with Gasteiger partial charge in [-0.1, -0.05) is 35.9 Å². The molecule has 0 saturated carbocycles. The standard InChI is InChI=1S/C21H21N3O4S/c1-14-6-8-15(9-7-14)18(12-19(25)26)23-21(28)22-17-5-2-10-24(20(17)27)13-16-4-3-11-29-16/h2-11,18H,12-13H2,1H3,(H,25,26)(H2,22,23,28)/t18-/m0/s1. The molecule has 2 aromatic heterocycles. The molecule has 1 atom stereocenters. The maximum absolute atomic E-state index is 12.6. The Morgan fingerprint density at radius 2 is 1.90 bits per heavy atom. The zero-order valence-electron chi connectivity index (χ0n) is 15.8. The lowest BCUT2D eigenvalue weighted by Gasteiger charge is -2.18. The molecule has 8 heteroatoms. The molecule has 3 rings (SSSR count). The average molecular weight is 411 g/mol. The summed E-state index contributed by atoms with van der Waals surface area (Å²) < 4.78 is 1.51. The number of aryl methyl sites for hydroxylation is 1. The Kier molecular flexibility index (Phi) is 6.46. The number of anilines is 1. The van der Waals surface area contributed by atoms with Gasteiger partial charge in [-0.25, -0.2) is 4.79 Å². The van der Waals surface area contributed by atoms with Gasteiger partial charge in [-0.3, -0.25) is 9.59 Å². The SMILES string of the molecule is Cc1ccc([C@H](CC(=O)O)NC(=O)Nc2cccn(Cc3cccs3)c2=O)cc1. The van der Waals surface area contributed by atoms with Crippen molar-refractivity contribution in [3.63, 3.8) is 0 Å². The lowest BCUT2D eigenvalue weighted by atomic mass is 10.0. The van der Waals surface area contributed by atoms with Crippen LogP contribution in [0.4, 0.5) is 10.5 Å². The highest BCUT2D eigenvalue weighted by Crippen LogP contribution is 2.18. The Morgan fingerprint density at radius 1 is 1.14 bits per heavy atom. The van der Waals surface area contributed by atoms with Crippen LogP contribution < -0.4 is 16.2 Å². The molecule has 0 saturated heterocycles. The van der Waals surface area contributed by atoms with Crippen molar-refractivity contribution < 1.29 is 14.7 Å².